The maximum absolute atomic E-state index is 12.5. The maximum atomic E-state index is 12.5. The van der Waals surface area contributed by atoms with Crippen LogP contribution >= 0.6 is 0 Å². The highest BCUT2D eigenvalue weighted by Crippen LogP contribution is 2.22. The van der Waals surface area contributed by atoms with Crippen molar-refractivity contribution in [1.82, 2.24) is 5.32 Å². The lowest BCUT2D eigenvalue weighted by Gasteiger charge is -2.20. The molecule has 26 heavy (non-hydrogen) atoms. The van der Waals surface area contributed by atoms with Crippen molar-refractivity contribution in [3.63, 3.8) is 0 Å². The summed E-state index contributed by atoms with van der Waals surface area (Å²) in [5, 5.41) is 3.09. The number of hydrogen-bond acceptors (Lipinski definition) is 2. The van der Waals surface area contributed by atoms with Gasteiger partial charge >= 0.3 is 0 Å². The van der Waals surface area contributed by atoms with Crippen molar-refractivity contribution in [2.45, 2.75) is 19.9 Å². The zero-order valence-corrected chi connectivity index (χ0v) is 15.1. The molecule has 0 saturated carbocycles. The average molecular weight is 345 g/mol. The molecule has 1 N–H and O–H groups in total. The van der Waals surface area contributed by atoms with Crippen LogP contribution in [0.3, 0.4) is 0 Å². The summed E-state index contributed by atoms with van der Waals surface area (Å²) in [6.45, 7) is 3.97. The van der Waals surface area contributed by atoms with E-state index in [0.29, 0.717) is 0 Å². The van der Waals surface area contributed by atoms with E-state index in [9.17, 15) is 4.79 Å². The van der Waals surface area contributed by atoms with Crippen LogP contribution in [0, 0.1) is 13.8 Å². The molecular formula is C23H23NO2. The Kier molecular flexibility index (Phi) is 5.69. The van der Waals surface area contributed by atoms with Gasteiger partial charge in [0.05, 0.1) is 6.04 Å². The highest BCUT2D eigenvalue weighted by atomic mass is 16.5. The third-order valence-electron chi connectivity index (χ3n) is 4.27. The molecule has 132 valence electrons. The quantitative estimate of drug-likeness (QED) is 0.710. The molecular weight excluding hydrogens is 322 g/mol. The molecule has 0 heterocycles. The summed E-state index contributed by atoms with van der Waals surface area (Å²) in [5.41, 5.74) is 4.21. The normalized spacial score (nSPS) is 10.6. The largest absolute Gasteiger partial charge is 0.483 e. The molecule has 0 bridgehead atoms. The molecule has 3 nitrogen and oxygen atoms in total. The van der Waals surface area contributed by atoms with Gasteiger partial charge in [-0.1, -0.05) is 72.8 Å². The molecule has 3 rings (SSSR count). The molecule has 0 saturated heterocycles. The van der Waals surface area contributed by atoms with Crippen molar-refractivity contribution in [2.75, 3.05) is 6.61 Å². The number of carbonyl (C=O) groups excluding carboxylic acids is 1. The smallest absolute Gasteiger partial charge is 0.258 e. The van der Waals surface area contributed by atoms with Gasteiger partial charge in [0.2, 0.25) is 0 Å². The third-order valence-corrected chi connectivity index (χ3v) is 4.27. The van der Waals surface area contributed by atoms with E-state index >= 15 is 0 Å². The summed E-state index contributed by atoms with van der Waals surface area (Å²) < 4.78 is 5.74. The van der Waals surface area contributed by atoms with Crippen LogP contribution in [0.15, 0.2) is 78.9 Å². The first-order valence-electron chi connectivity index (χ1n) is 8.73. The molecule has 0 aliphatic heterocycles. The topological polar surface area (TPSA) is 38.3 Å². The van der Waals surface area contributed by atoms with Crippen molar-refractivity contribution in [3.8, 4) is 5.75 Å². The first-order valence-corrected chi connectivity index (χ1v) is 8.73. The van der Waals surface area contributed by atoms with Gasteiger partial charge in [-0.25, -0.2) is 0 Å². The monoisotopic (exact) mass is 345 g/mol. The standard InChI is InChI=1S/C23H23NO2/c1-17-13-14-18(2)21(15-17)26-16-22(25)24-23(19-9-5-3-6-10-19)20-11-7-4-8-12-20/h3-15,23H,16H2,1-2H3,(H,24,25). The van der Waals surface area contributed by atoms with Gasteiger partial charge < -0.3 is 10.1 Å². The molecule has 3 aromatic rings. The second-order valence-electron chi connectivity index (χ2n) is 6.38. The summed E-state index contributed by atoms with van der Waals surface area (Å²) in [6, 6.07) is 25.7. The summed E-state index contributed by atoms with van der Waals surface area (Å²) in [6.07, 6.45) is 0. The van der Waals surface area contributed by atoms with Gasteiger partial charge in [-0.15, -0.1) is 0 Å². The summed E-state index contributed by atoms with van der Waals surface area (Å²) in [4.78, 5) is 12.5. The van der Waals surface area contributed by atoms with Gasteiger partial charge in [-0.2, -0.15) is 0 Å². The Balaban J connectivity index is 1.72. The number of ether oxygens (including phenoxy) is 1. The van der Waals surface area contributed by atoms with Crippen LogP contribution in [-0.2, 0) is 4.79 Å². The van der Waals surface area contributed by atoms with E-state index in [4.69, 9.17) is 4.74 Å². The zero-order chi connectivity index (χ0) is 18.4. The first kappa shape index (κ1) is 17.7. The van der Waals surface area contributed by atoms with Gasteiger partial charge in [-0.05, 0) is 42.2 Å². The Hall–Kier alpha value is -3.07. The van der Waals surface area contributed by atoms with Crippen molar-refractivity contribution in [1.29, 1.82) is 0 Å². The van der Waals surface area contributed by atoms with Crippen molar-refractivity contribution in [2.24, 2.45) is 0 Å². The van der Waals surface area contributed by atoms with Crippen molar-refractivity contribution >= 4 is 5.91 Å². The highest BCUT2D eigenvalue weighted by molar-refractivity contribution is 5.78. The lowest BCUT2D eigenvalue weighted by molar-refractivity contribution is -0.123. The zero-order valence-electron chi connectivity index (χ0n) is 15.1. The van der Waals surface area contributed by atoms with E-state index in [1.54, 1.807) is 0 Å². The molecule has 3 heteroatoms. The molecule has 0 unspecified atom stereocenters. The Labute approximate surface area is 154 Å². The number of rotatable bonds is 6. The Bertz CT molecular complexity index is 820. The van der Waals surface area contributed by atoms with Crippen LogP contribution in [0.2, 0.25) is 0 Å². The Morgan fingerprint density at radius 1 is 0.885 bits per heavy atom. The number of hydrogen-bond donors (Lipinski definition) is 1. The predicted octanol–water partition coefficient (Wildman–Crippen LogP) is 4.59. The molecule has 1 amide bonds. The van der Waals surface area contributed by atoms with E-state index in [1.165, 1.54) is 0 Å². The van der Waals surface area contributed by atoms with E-state index < -0.39 is 0 Å². The molecule has 0 spiro atoms. The highest BCUT2D eigenvalue weighted by Gasteiger charge is 2.17. The molecule has 0 atom stereocenters. The van der Waals surface area contributed by atoms with Gasteiger partial charge in [0.1, 0.15) is 5.75 Å². The van der Waals surface area contributed by atoms with Crippen LogP contribution in [-0.4, -0.2) is 12.5 Å². The fourth-order valence-corrected chi connectivity index (χ4v) is 2.86. The molecule has 0 aromatic heterocycles. The lowest BCUT2D eigenvalue weighted by atomic mass is 9.99. The molecule has 3 aromatic carbocycles. The van der Waals surface area contributed by atoms with Gasteiger partial charge in [0, 0.05) is 0 Å². The van der Waals surface area contributed by atoms with Gasteiger partial charge in [0.15, 0.2) is 6.61 Å². The molecule has 0 aliphatic rings. The number of carbonyl (C=O) groups is 1. The van der Waals surface area contributed by atoms with E-state index in [-0.39, 0.29) is 18.6 Å². The molecule has 0 aliphatic carbocycles. The van der Waals surface area contributed by atoms with Crippen LogP contribution < -0.4 is 10.1 Å². The Morgan fingerprint density at radius 2 is 1.46 bits per heavy atom. The first-order chi connectivity index (χ1) is 12.6. The van der Waals surface area contributed by atoms with E-state index in [1.807, 2.05) is 92.7 Å². The summed E-state index contributed by atoms with van der Waals surface area (Å²) in [5.74, 6) is 0.597. The second-order valence-corrected chi connectivity index (χ2v) is 6.38. The van der Waals surface area contributed by atoms with Gasteiger partial charge in [0.25, 0.3) is 5.91 Å². The fraction of sp³-hybridized carbons (Fsp3) is 0.174. The number of benzene rings is 3. The Morgan fingerprint density at radius 3 is 2.04 bits per heavy atom. The number of nitrogens with one attached hydrogen (secondary N) is 1. The summed E-state index contributed by atoms with van der Waals surface area (Å²) >= 11 is 0. The minimum absolute atomic E-state index is 0.0134. The minimum Gasteiger partial charge on any atom is -0.483 e. The van der Waals surface area contributed by atoms with Crippen LogP contribution in [0.1, 0.15) is 28.3 Å². The van der Waals surface area contributed by atoms with Crippen LogP contribution in [0.5, 0.6) is 5.75 Å². The second kappa shape index (κ2) is 8.34. The number of amides is 1. The summed E-state index contributed by atoms with van der Waals surface area (Å²) in [7, 11) is 0. The number of aryl methyl sites for hydroxylation is 2. The predicted molar refractivity (Wildman–Crippen MR) is 104 cm³/mol. The molecule has 0 radical (unpaired) electrons. The van der Waals surface area contributed by atoms with E-state index in [2.05, 4.69) is 5.32 Å². The SMILES string of the molecule is Cc1ccc(C)c(OCC(=O)NC(c2ccccc2)c2ccccc2)c1. The van der Waals surface area contributed by atoms with Gasteiger partial charge in [-0.3, -0.25) is 4.79 Å². The lowest BCUT2D eigenvalue weighted by Crippen LogP contribution is -2.33. The average Bonchev–Trinajstić information content (AvgIpc) is 2.68. The fourth-order valence-electron chi connectivity index (χ4n) is 2.86. The van der Waals surface area contributed by atoms with Crippen molar-refractivity contribution < 1.29 is 9.53 Å². The van der Waals surface area contributed by atoms with Crippen molar-refractivity contribution in [3.05, 3.63) is 101 Å². The van der Waals surface area contributed by atoms with E-state index in [0.717, 1.165) is 28.0 Å². The van der Waals surface area contributed by atoms with Crippen LogP contribution in [0.4, 0.5) is 0 Å². The van der Waals surface area contributed by atoms with Crippen LogP contribution in [0.25, 0.3) is 0 Å². The minimum atomic E-state index is -0.202. The maximum Gasteiger partial charge on any atom is 0.258 e. The molecule has 0 fully saturated rings. The third kappa shape index (κ3) is 4.51.